The molecule has 0 atom stereocenters. The lowest BCUT2D eigenvalue weighted by Gasteiger charge is -2.37. The summed E-state index contributed by atoms with van der Waals surface area (Å²) < 4.78 is 8.47. The molecular formula is C21H24N4O2. The van der Waals surface area contributed by atoms with Crippen LogP contribution in [0.15, 0.2) is 65.7 Å². The Morgan fingerprint density at radius 3 is 1.67 bits per heavy atom. The number of piperazine rings is 1. The summed E-state index contributed by atoms with van der Waals surface area (Å²) in [5, 5.41) is 0. The van der Waals surface area contributed by atoms with Crippen LogP contribution in [0, 0.1) is 0 Å². The molecule has 0 amide bonds. The first-order chi connectivity index (χ1) is 13.2. The molecule has 0 unspecified atom stereocenters. The van der Waals surface area contributed by atoms with Crippen LogP contribution in [0.4, 0.5) is 11.4 Å². The Morgan fingerprint density at radius 2 is 1.22 bits per heavy atom. The monoisotopic (exact) mass is 364 g/mol. The summed E-state index contributed by atoms with van der Waals surface area (Å²) in [6, 6.07) is 16.4. The first kappa shape index (κ1) is 17.3. The molecular weight excluding hydrogens is 340 g/mol. The first-order valence-electron chi connectivity index (χ1n) is 9.14. The maximum atomic E-state index is 12.1. The topological polar surface area (TPSA) is 42.6 Å². The highest BCUT2D eigenvalue weighted by molar-refractivity contribution is 5.54. The molecule has 0 saturated carbocycles. The Balaban J connectivity index is 1.42. The van der Waals surface area contributed by atoms with E-state index in [1.807, 2.05) is 24.3 Å². The van der Waals surface area contributed by atoms with E-state index < -0.39 is 0 Å². The van der Waals surface area contributed by atoms with E-state index in [1.54, 1.807) is 35.7 Å². The van der Waals surface area contributed by atoms with Gasteiger partial charge in [0.25, 0.3) is 0 Å². The van der Waals surface area contributed by atoms with Crippen molar-refractivity contribution in [3.63, 3.8) is 0 Å². The SMILES string of the molecule is COc1ccc(N2CCN(c3ccc(-n4ccn(C)c4=O)cc3)CC2)cc1. The number of anilines is 2. The molecule has 0 N–H and O–H groups in total. The van der Waals surface area contributed by atoms with E-state index in [0.717, 1.165) is 37.6 Å². The molecule has 2 heterocycles. The molecule has 1 saturated heterocycles. The lowest BCUT2D eigenvalue weighted by molar-refractivity contribution is 0.415. The van der Waals surface area contributed by atoms with Gasteiger partial charge in [-0.1, -0.05) is 0 Å². The van der Waals surface area contributed by atoms with Gasteiger partial charge in [0.15, 0.2) is 0 Å². The number of aromatic nitrogens is 2. The van der Waals surface area contributed by atoms with Crippen LogP contribution >= 0.6 is 0 Å². The summed E-state index contributed by atoms with van der Waals surface area (Å²) >= 11 is 0. The van der Waals surface area contributed by atoms with E-state index in [9.17, 15) is 4.79 Å². The van der Waals surface area contributed by atoms with Crippen molar-refractivity contribution in [1.82, 2.24) is 9.13 Å². The number of hydrogen-bond donors (Lipinski definition) is 0. The van der Waals surface area contributed by atoms with Gasteiger partial charge in [0.2, 0.25) is 0 Å². The zero-order chi connectivity index (χ0) is 18.8. The molecule has 1 fully saturated rings. The number of methoxy groups -OCH3 is 1. The molecule has 1 aliphatic heterocycles. The van der Waals surface area contributed by atoms with Crippen molar-refractivity contribution in [2.24, 2.45) is 7.05 Å². The van der Waals surface area contributed by atoms with Crippen LogP contribution in [-0.4, -0.2) is 42.4 Å². The highest BCUT2D eigenvalue weighted by Gasteiger charge is 2.17. The smallest absolute Gasteiger partial charge is 0.332 e. The largest absolute Gasteiger partial charge is 0.497 e. The fraction of sp³-hybridized carbons (Fsp3) is 0.286. The summed E-state index contributed by atoms with van der Waals surface area (Å²) in [5.74, 6) is 0.884. The maximum absolute atomic E-state index is 12.1. The number of ether oxygens (including phenoxy) is 1. The number of hydrogen-bond acceptors (Lipinski definition) is 4. The van der Waals surface area contributed by atoms with Crippen LogP contribution in [0.2, 0.25) is 0 Å². The molecule has 3 aromatic rings. The first-order valence-corrected chi connectivity index (χ1v) is 9.14. The van der Waals surface area contributed by atoms with Crippen molar-refractivity contribution in [1.29, 1.82) is 0 Å². The van der Waals surface area contributed by atoms with Crippen LogP contribution in [0.3, 0.4) is 0 Å². The van der Waals surface area contributed by atoms with Gasteiger partial charge in [0.05, 0.1) is 12.8 Å². The van der Waals surface area contributed by atoms with Crippen LogP contribution < -0.4 is 20.2 Å². The van der Waals surface area contributed by atoms with Crippen LogP contribution in [0.5, 0.6) is 5.75 Å². The predicted molar refractivity (Wildman–Crippen MR) is 108 cm³/mol. The molecule has 0 bridgehead atoms. The van der Waals surface area contributed by atoms with Crippen molar-refractivity contribution in [3.8, 4) is 11.4 Å². The average Bonchev–Trinajstić information content (AvgIpc) is 3.07. The molecule has 0 spiro atoms. The highest BCUT2D eigenvalue weighted by atomic mass is 16.5. The second-order valence-corrected chi connectivity index (χ2v) is 6.75. The normalized spacial score (nSPS) is 14.4. The van der Waals surface area contributed by atoms with Gasteiger partial charge >= 0.3 is 5.69 Å². The minimum Gasteiger partial charge on any atom is -0.497 e. The van der Waals surface area contributed by atoms with Gasteiger partial charge < -0.3 is 19.1 Å². The van der Waals surface area contributed by atoms with Crippen LogP contribution in [0.1, 0.15) is 0 Å². The van der Waals surface area contributed by atoms with Gasteiger partial charge in [-0.05, 0) is 48.5 Å². The van der Waals surface area contributed by atoms with Gasteiger partial charge in [0, 0.05) is 57.0 Å². The Hall–Kier alpha value is -3.15. The molecule has 1 aliphatic rings. The highest BCUT2D eigenvalue weighted by Crippen LogP contribution is 2.23. The van der Waals surface area contributed by atoms with Gasteiger partial charge in [-0.3, -0.25) is 4.57 Å². The number of nitrogens with zero attached hydrogens (tertiary/aromatic N) is 4. The summed E-state index contributed by atoms with van der Waals surface area (Å²) in [5.41, 5.74) is 3.28. The van der Waals surface area contributed by atoms with Gasteiger partial charge in [0.1, 0.15) is 5.75 Å². The van der Waals surface area contributed by atoms with Crippen molar-refractivity contribution in [3.05, 3.63) is 71.4 Å². The third-order valence-corrected chi connectivity index (χ3v) is 5.16. The zero-order valence-corrected chi connectivity index (χ0v) is 15.7. The minimum absolute atomic E-state index is 0.0316. The Labute approximate surface area is 158 Å². The maximum Gasteiger partial charge on any atom is 0.332 e. The van der Waals surface area contributed by atoms with Gasteiger partial charge in [-0.25, -0.2) is 4.79 Å². The summed E-state index contributed by atoms with van der Waals surface area (Å²) in [6.45, 7) is 3.89. The van der Waals surface area contributed by atoms with Crippen LogP contribution in [-0.2, 0) is 7.05 Å². The number of imidazole rings is 1. The second kappa shape index (κ2) is 7.23. The molecule has 2 aromatic carbocycles. The summed E-state index contributed by atoms with van der Waals surface area (Å²) in [6.07, 6.45) is 3.57. The second-order valence-electron chi connectivity index (χ2n) is 6.75. The molecule has 27 heavy (non-hydrogen) atoms. The average molecular weight is 364 g/mol. The van der Waals surface area contributed by atoms with E-state index in [1.165, 1.54) is 11.4 Å². The predicted octanol–water partition coefficient (Wildman–Crippen LogP) is 2.51. The Morgan fingerprint density at radius 1 is 0.741 bits per heavy atom. The van der Waals surface area contributed by atoms with E-state index in [0.29, 0.717) is 0 Å². The van der Waals surface area contributed by atoms with Crippen molar-refractivity contribution < 1.29 is 4.74 Å². The summed E-state index contributed by atoms with van der Waals surface area (Å²) in [7, 11) is 3.45. The molecule has 0 radical (unpaired) electrons. The van der Waals surface area contributed by atoms with E-state index in [2.05, 4.69) is 34.1 Å². The Bertz CT molecular complexity index is 949. The van der Waals surface area contributed by atoms with E-state index >= 15 is 0 Å². The molecule has 6 nitrogen and oxygen atoms in total. The van der Waals surface area contributed by atoms with Crippen molar-refractivity contribution in [2.45, 2.75) is 0 Å². The lowest BCUT2D eigenvalue weighted by atomic mass is 10.2. The zero-order valence-electron chi connectivity index (χ0n) is 15.7. The van der Waals surface area contributed by atoms with Crippen molar-refractivity contribution >= 4 is 11.4 Å². The molecule has 6 heteroatoms. The van der Waals surface area contributed by atoms with Crippen molar-refractivity contribution in [2.75, 3.05) is 43.1 Å². The third-order valence-electron chi connectivity index (χ3n) is 5.16. The molecule has 1 aromatic heterocycles. The number of aryl methyl sites for hydroxylation is 1. The quantitative estimate of drug-likeness (QED) is 0.713. The minimum atomic E-state index is -0.0316. The van der Waals surface area contributed by atoms with Gasteiger partial charge in [-0.15, -0.1) is 0 Å². The number of benzene rings is 2. The standard InChI is InChI=1S/C21H24N4O2/c1-22-11-16-25(21(22)26)19-5-3-17(4-6-19)23-12-14-24(15-13-23)18-7-9-20(27-2)10-8-18/h3-11,16H,12-15H2,1-2H3. The number of rotatable bonds is 4. The third kappa shape index (κ3) is 3.43. The van der Waals surface area contributed by atoms with E-state index in [-0.39, 0.29) is 5.69 Å². The molecule has 4 rings (SSSR count). The summed E-state index contributed by atoms with van der Waals surface area (Å²) in [4.78, 5) is 16.9. The Kier molecular flexibility index (Phi) is 4.62. The fourth-order valence-electron chi connectivity index (χ4n) is 3.50. The van der Waals surface area contributed by atoms with E-state index in [4.69, 9.17) is 4.74 Å². The fourth-order valence-corrected chi connectivity index (χ4v) is 3.50. The van der Waals surface area contributed by atoms with Crippen LogP contribution in [0.25, 0.3) is 5.69 Å². The lowest BCUT2D eigenvalue weighted by Crippen LogP contribution is -2.46. The van der Waals surface area contributed by atoms with Gasteiger partial charge in [-0.2, -0.15) is 0 Å². The molecule has 140 valence electrons. The molecule has 0 aliphatic carbocycles.